The second kappa shape index (κ2) is 4.96. The maximum atomic E-state index is 10.9. The Morgan fingerprint density at radius 2 is 2.36 bits per heavy atom. The number of rotatable bonds is 5. The van der Waals surface area contributed by atoms with Crippen LogP contribution in [-0.4, -0.2) is 23.8 Å². The van der Waals surface area contributed by atoms with Crippen LogP contribution in [0.3, 0.4) is 0 Å². The van der Waals surface area contributed by atoms with Gasteiger partial charge in [-0.15, -0.1) is 0 Å². The highest BCUT2D eigenvalue weighted by molar-refractivity contribution is 5.76. The van der Waals surface area contributed by atoms with E-state index in [9.17, 15) is 4.79 Å². The van der Waals surface area contributed by atoms with Gasteiger partial charge >= 0.3 is 0 Å². The lowest BCUT2D eigenvalue weighted by Crippen LogP contribution is -2.29. The summed E-state index contributed by atoms with van der Waals surface area (Å²) < 4.78 is 4.98. The molecule has 0 spiro atoms. The summed E-state index contributed by atoms with van der Waals surface area (Å²) in [7, 11) is 2.01. The van der Waals surface area contributed by atoms with E-state index in [1.165, 1.54) is 0 Å². The first-order chi connectivity index (χ1) is 6.59. The zero-order chi connectivity index (χ0) is 10.6. The fraction of sp³-hybridized carbons (Fsp3) is 0.545. The number of carbonyl (C=O) groups excluding carboxylic acids is 1. The number of hydrogen-bond donors (Lipinski definition) is 0. The van der Waals surface area contributed by atoms with E-state index in [0.717, 1.165) is 12.1 Å². The van der Waals surface area contributed by atoms with Crippen LogP contribution in [0.5, 0.6) is 0 Å². The minimum atomic E-state index is 0.233. The number of furan rings is 1. The Bertz CT molecular complexity index is 279. The number of hydrogen-bond acceptors (Lipinski definition) is 3. The SMILES string of the molecule is CC(=O)CC(C)N(C)Cc1ccoc1. The second-order valence-corrected chi connectivity index (χ2v) is 3.80. The van der Waals surface area contributed by atoms with Crippen LogP contribution in [0.15, 0.2) is 23.0 Å². The molecule has 0 aliphatic carbocycles. The molecule has 0 N–H and O–H groups in total. The number of carbonyl (C=O) groups is 1. The molecule has 1 aromatic heterocycles. The van der Waals surface area contributed by atoms with E-state index in [4.69, 9.17) is 4.42 Å². The van der Waals surface area contributed by atoms with E-state index in [1.807, 2.05) is 13.1 Å². The molecule has 0 fully saturated rings. The van der Waals surface area contributed by atoms with E-state index in [-0.39, 0.29) is 11.8 Å². The monoisotopic (exact) mass is 195 g/mol. The van der Waals surface area contributed by atoms with Gasteiger partial charge < -0.3 is 4.42 Å². The molecule has 0 amide bonds. The molecule has 14 heavy (non-hydrogen) atoms. The lowest BCUT2D eigenvalue weighted by atomic mass is 10.1. The molecule has 0 aliphatic rings. The molecule has 3 nitrogen and oxygen atoms in total. The van der Waals surface area contributed by atoms with Crippen molar-refractivity contribution in [1.29, 1.82) is 0 Å². The van der Waals surface area contributed by atoms with Gasteiger partial charge in [0.15, 0.2) is 0 Å². The Labute approximate surface area is 84.7 Å². The van der Waals surface area contributed by atoms with Crippen LogP contribution in [0.2, 0.25) is 0 Å². The maximum absolute atomic E-state index is 10.9. The van der Waals surface area contributed by atoms with Crippen molar-refractivity contribution in [3.63, 3.8) is 0 Å². The van der Waals surface area contributed by atoms with Gasteiger partial charge in [0.25, 0.3) is 0 Å². The Morgan fingerprint density at radius 1 is 1.64 bits per heavy atom. The lowest BCUT2D eigenvalue weighted by Gasteiger charge is -2.22. The van der Waals surface area contributed by atoms with Crippen molar-refractivity contribution in [3.8, 4) is 0 Å². The Hall–Kier alpha value is -1.09. The molecule has 0 saturated carbocycles. The van der Waals surface area contributed by atoms with E-state index in [2.05, 4.69) is 11.8 Å². The van der Waals surface area contributed by atoms with Crippen LogP contribution in [0.1, 0.15) is 25.8 Å². The van der Waals surface area contributed by atoms with E-state index in [0.29, 0.717) is 6.42 Å². The summed E-state index contributed by atoms with van der Waals surface area (Å²) >= 11 is 0. The highest BCUT2D eigenvalue weighted by Crippen LogP contribution is 2.08. The van der Waals surface area contributed by atoms with Crippen LogP contribution in [0, 0.1) is 0 Å². The molecule has 0 bridgehead atoms. The first kappa shape index (κ1) is 11.0. The zero-order valence-electron chi connectivity index (χ0n) is 8.99. The van der Waals surface area contributed by atoms with Crippen molar-refractivity contribution in [2.45, 2.75) is 32.9 Å². The molecule has 1 atom stereocenters. The Kier molecular flexibility index (Phi) is 3.89. The molecule has 1 unspecified atom stereocenters. The van der Waals surface area contributed by atoms with Gasteiger partial charge in [-0.05, 0) is 27.0 Å². The molecule has 78 valence electrons. The van der Waals surface area contributed by atoms with Crippen LogP contribution < -0.4 is 0 Å². The van der Waals surface area contributed by atoms with Gasteiger partial charge in [-0.3, -0.25) is 9.69 Å². The van der Waals surface area contributed by atoms with Crippen molar-refractivity contribution in [1.82, 2.24) is 4.90 Å². The van der Waals surface area contributed by atoms with Crippen molar-refractivity contribution in [2.75, 3.05) is 7.05 Å². The van der Waals surface area contributed by atoms with Crippen molar-refractivity contribution in [2.24, 2.45) is 0 Å². The van der Waals surface area contributed by atoms with Gasteiger partial charge in [0.2, 0.25) is 0 Å². The first-order valence-corrected chi connectivity index (χ1v) is 4.80. The van der Waals surface area contributed by atoms with Crippen LogP contribution >= 0.6 is 0 Å². The molecule has 0 saturated heterocycles. The minimum Gasteiger partial charge on any atom is -0.472 e. The van der Waals surface area contributed by atoms with E-state index < -0.39 is 0 Å². The van der Waals surface area contributed by atoms with Gasteiger partial charge in [0.05, 0.1) is 12.5 Å². The van der Waals surface area contributed by atoms with Gasteiger partial charge in [0, 0.05) is 24.6 Å². The smallest absolute Gasteiger partial charge is 0.131 e. The molecule has 0 aliphatic heterocycles. The largest absolute Gasteiger partial charge is 0.472 e. The quantitative estimate of drug-likeness (QED) is 0.721. The normalized spacial score (nSPS) is 13.1. The van der Waals surface area contributed by atoms with Gasteiger partial charge in [0.1, 0.15) is 5.78 Å². The summed E-state index contributed by atoms with van der Waals surface area (Å²) in [4.78, 5) is 13.1. The second-order valence-electron chi connectivity index (χ2n) is 3.80. The third-order valence-corrected chi connectivity index (χ3v) is 2.35. The summed E-state index contributed by atoms with van der Waals surface area (Å²) in [5.41, 5.74) is 1.14. The van der Waals surface area contributed by atoms with Crippen molar-refractivity contribution in [3.05, 3.63) is 24.2 Å². The van der Waals surface area contributed by atoms with Crippen LogP contribution in [-0.2, 0) is 11.3 Å². The van der Waals surface area contributed by atoms with Gasteiger partial charge in [-0.2, -0.15) is 0 Å². The molecule has 1 heterocycles. The van der Waals surface area contributed by atoms with E-state index in [1.54, 1.807) is 19.5 Å². The van der Waals surface area contributed by atoms with Gasteiger partial charge in [-0.1, -0.05) is 0 Å². The van der Waals surface area contributed by atoms with Crippen LogP contribution in [0.25, 0.3) is 0 Å². The van der Waals surface area contributed by atoms with Gasteiger partial charge in [-0.25, -0.2) is 0 Å². The average molecular weight is 195 g/mol. The zero-order valence-corrected chi connectivity index (χ0v) is 8.99. The fourth-order valence-electron chi connectivity index (χ4n) is 1.40. The van der Waals surface area contributed by atoms with Crippen molar-refractivity contribution >= 4 is 5.78 Å². The average Bonchev–Trinajstić information content (AvgIpc) is 2.55. The summed E-state index contributed by atoms with van der Waals surface area (Å²) in [5.74, 6) is 0.233. The van der Waals surface area contributed by atoms with E-state index >= 15 is 0 Å². The molecular weight excluding hydrogens is 178 g/mol. The summed E-state index contributed by atoms with van der Waals surface area (Å²) in [6.45, 7) is 4.51. The molecule has 1 aromatic rings. The molecule has 3 heteroatoms. The predicted molar refractivity (Wildman–Crippen MR) is 54.9 cm³/mol. The molecular formula is C11H17NO2. The first-order valence-electron chi connectivity index (χ1n) is 4.80. The van der Waals surface area contributed by atoms with Crippen molar-refractivity contribution < 1.29 is 9.21 Å². The third kappa shape index (κ3) is 3.34. The number of Topliss-reactive ketones (excluding diaryl/α,β-unsaturated/α-hetero) is 1. The predicted octanol–water partition coefficient (Wildman–Crippen LogP) is 2.08. The Morgan fingerprint density at radius 3 is 2.86 bits per heavy atom. The molecule has 0 radical (unpaired) electrons. The summed E-state index contributed by atoms with van der Waals surface area (Å²) in [5, 5.41) is 0. The Balaban J connectivity index is 2.41. The molecule has 1 rings (SSSR count). The highest BCUT2D eigenvalue weighted by Gasteiger charge is 2.11. The maximum Gasteiger partial charge on any atom is 0.131 e. The number of nitrogens with zero attached hydrogens (tertiary/aromatic N) is 1. The summed E-state index contributed by atoms with van der Waals surface area (Å²) in [6, 6.07) is 2.22. The lowest BCUT2D eigenvalue weighted by molar-refractivity contribution is -0.118. The fourth-order valence-corrected chi connectivity index (χ4v) is 1.40. The highest BCUT2D eigenvalue weighted by atomic mass is 16.3. The third-order valence-electron chi connectivity index (χ3n) is 2.35. The number of ketones is 1. The van der Waals surface area contributed by atoms with Crippen LogP contribution in [0.4, 0.5) is 0 Å². The summed E-state index contributed by atoms with van der Waals surface area (Å²) in [6.07, 6.45) is 4.00. The minimum absolute atomic E-state index is 0.233. The molecule has 0 aromatic carbocycles. The standard InChI is InChI=1S/C11H17NO2/c1-9(6-10(2)13)12(3)7-11-4-5-14-8-11/h4-5,8-9H,6-7H2,1-3H3. The topological polar surface area (TPSA) is 33.5 Å².